The summed E-state index contributed by atoms with van der Waals surface area (Å²) in [7, 11) is 0. The Balaban J connectivity index is 2.05. The lowest BCUT2D eigenvalue weighted by Gasteiger charge is -2.32. The predicted octanol–water partition coefficient (Wildman–Crippen LogP) is 2.02. The van der Waals surface area contributed by atoms with E-state index in [-0.39, 0.29) is 12.2 Å². The normalized spacial score (nSPS) is 37.0. The van der Waals surface area contributed by atoms with Crippen LogP contribution in [0.15, 0.2) is 34.4 Å². The van der Waals surface area contributed by atoms with Crippen LogP contribution in [0.4, 0.5) is 0 Å². The summed E-state index contributed by atoms with van der Waals surface area (Å²) in [5, 5.41) is 10.8. The Kier molecular flexibility index (Phi) is 4.43. The second-order valence-electron chi connectivity index (χ2n) is 7.56. The molecule has 0 aromatic carbocycles. The number of carbonyl (C=O) groups is 3. The van der Waals surface area contributed by atoms with Crippen molar-refractivity contribution in [3.8, 4) is 0 Å². The lowest BCUT2D eigenvalue weighted by atomic mass is 9.77. The summed E-state index contributed by atoms with van der Waals surface area (Å²) in [6, 6.07) is 0. The van der Waals surface area contributed by atoms with Gasteiger partial charge >= 0.3 is 11.9 Å². The maximum Gasteiger partial charge on any atom is 0.351 e. The number of aliphatic hydroxyl groups excluding tert-OH is 1. The van der Waals surface area contributed by atoms with Gasteiger partial charge in [-0.1, -0.05) is 17.2 Å². The molecule has 0 saturated carbocycles. The van der Waals surface area contributed by atoms with Crippen LogP contribution in [-0.2, 0) is 23.9 Å². The van der Waals surface area contributed by atoms with Gasteiger partial charge in [-0.15, -0.1) is 0 Å². The zero-order valence-electron chi connectivity index (χ0n) is 15.7. The number of rotatable bonds is 2. The van der Waals surface area contributed by atoms with E-state index in [4.69, 9.17) is 9.47 Å². The third-order valence-electron chi connectivity index (χ3n) is 5.84. The first-order valence-corrected chi connectivity index (χ1v) is 8.79. The van der Waals surface area contributed by atoms with Crippen molar-refractivity contribution in [2.24, 2.45) is 11.8 Å². The predicted molar refractivity (Wildman–Crippen MR) is 92.9 cm³/mol. The van der Waals surface area contributed by atoms with Crippen LogP contribution in [0.3, 0.4) is 0 Å². The topological polar surface area (TPSA) is 89.9 Å². The largest absolute Gasteiger partial charge is 0.458 e. The van der Waals surface area contributed by atoms with E-state index in [2.05, 4.69) is 0 Å². The summed E-state index contributed by atoms with van der Waals surface area (Å²) < 4.78 is 11.1. The molecule has 0 amide bonds. The third kappa shape index (κ3) is 2.55. The number of aliphatic hydroxyl groups is 1. The molecule has 1 fully saturated rings. The van der Waals surface area contributed by atoms with Gasteiger partial charge < -0.3 is 14.6 Å². The van der Waals surface area contributed by atoms with Gasteiger partial charge in [0, 0.05) is 17.1 Å². The Morgan fingerprint density at radius 1 is 1.38 bits per heavy atom. The van der Waals surface area contributed by atoms with Crippen LogP contribution < -0.4 is 0 Å². The summed E-state index contributed by atoms with van der Waals surface area (Å²) in [5.74, 6) is -2.57. The van der Waals surface area contributed by atoms with E-state index in [1.54, 1.807) is 26.0 Å². The van der Waals surface area contributed by atoms with Gasteiger partial charge in [-0.25, -0.2) is 9.59 Å². The number of fused-ring (bicyclic) bond motifs is 3. The second kappa shape index (κ2) is 6.20. The molecule has 2 aliphatic carbocycles. The molecule has 0 bridgehead atoms. The van der Waals surface area contributed by atoms with Crippen molar-refractivity contribution in [3.05, 3.63) is 34.4 Å². The second-order valence-corrected chi connectivity index (χ2v) is 7.56. The van der Waals surface area contributed by atoms with Crippen LogP contribution in [0.25, 0.3) is 0 Å². The SMILES string of the molecule is CC=C(C)C(=O)OC1(C)C(=O)OC2C3C(C)=CC(=O)C3=C(C)CC(O)C21. The fourth-order valence-corrected chi connectivity index (χ4v) is 4.33. The summed E-state index contributed by atoms with van der Waals surface area (Å²) >= 11 is 0. The molecule has 0 radical (unpaired) electrons. The molecule has 1 heterocycles. The van der Waals surface area contributed by atoms with Gasteiger partial charge in [0.1, 0.15) is 6.10 Å². The highest BCUT2D eigenvalue weighted by atomic mass is 16.6. The average Bonchev–Trinajstić information content (AvgIpc) is 2.94. The number of allylic oxidation sites excluding steroid dienone is 2. The first-order chi connectivity index (χ1) is 12.1. The summed E-state index contributed by atoms with van der Waals surface area (Å²) in [4.78, 5) is 37.4. The van der Waals surface area contributed by atoms with E-state index in [0.29, 0.717) is 11.1 Å². The maximum absolute atomic E-state index is 12.7. The highest BCUT2D eigenvalue weighted by molar-refractivity contribution is 6.09. The van der Waals surface area contributed by atoms with Crippen LogP contribution in [-0.4, -0.2) is 40.6 Å². The molecule has 0 aromatic heterocycles. The molecule has 3 aliphatic rings. The van der Waals surface area contributed by atoms with Gasteiger partial charge in [-0.2, -0.15) is 0 Å². The lowest BCUT2D eigenvalue weighted by molar-refractivity contribution is -0.173. The Hall–Kier alpha value is -2.21. The first-order valence-electron chi connectivity index (χ1n) is 8.79. The number of hydrogen-bond donors (Lipinski definition) is 1. The number of carbonyl (C=O) groups excluding carboxylic acids is 3. The molecule has 26 heavy (non-hydrogen) atoms. The molecule has 1 aliphatic heterocycles. The molecule has 1 saturated heterocycles. The fraction of sp³-hybridized carbons (Fsp3) is 0.550. The van der Waals surface area contributed by atoms with E-state index in [1.165, 1.54) is 6.92 Å². The van der Waals surface area contributed by atoms with E-state index in [0.717, 1.165) is 11.1 Å². The van der Waals surface area contributed by atoms with Gasteiger partial charge in [-0.05, 0) is 47.1 Å². The minimum absolute atomic E-state index is 0.107. The summed E-state index contributed by atoms with van der Waals surface area (Å²) in [5.41, 5.74) is 0.924. The molecule has 0 spiro atoms. The number of ketones is 1. The van der Waals surface area contributed by atoms with Gasteiger partial charge in [0.2, 0.25) is 5.60 Å². The Morgan fingerprint density at radius 3 is 2.65 bits per heavy atom. The molecule has 6 heteroatoms. The number of hydrogen-bond acceptors (Lipinski definition) is 6. The van der Waals surface area contributed by atoms with Crippen LogP contribution in [0.5, 0.6) is 0 Å². The van der Waals surface area contributed by atoms with E-state index < -0.39 is 41.6 Å². The zero-order chi connectivity index (χ0) is 19.4. The maximum atomic E-state index is 12.7. The number of ether oxygens (including phenoxy) is 2. The van der Waals surface area contributed by atoms with Crippen LogP contribution in [0.2, 0.25) is 0 Å². The Morgan fingerprint density at radius 2 is 2.04 bits per heavy atom. The molecule has 1 N–H and O–H groups in total. The summed E-state index contributed by atoms with van der Waals surface area (Å²) in [6.45, 7) is 8.41. The highest BCUT2D eigenvalue weighted by Gasteiger charge is 2.64. The van der Waals surface area contributed by atoms with Gasteiger partial charge in [0.15, 0.2) is 5.78 Å². The zero-order valence-corrected chi connectivity index (χ0v) is 15.7. The standard InChI is InChI=1S/C20H24O6/c1-6-9(2)18(23)26-20(5)16-13(22)8-10(3)14-12(21)7-11(4)15(14)17(16)25-19(20)24/h6-7,13,15-17,22H,8H2,1-5H3. The van der Waals surface area contributed by atoms with E-state index in [9.17, 15) is 19.5 Å². The molecule has 3 rings (SSSR count). The molecular formula is C20H24O6. The van der Waals surface area contributed by atoms with Crippen molar-refractivity contribution < 1.29 is 29.0 Å². The van der Waals surface area contributed by atoms with Crippen molar-refractivity contribution >= 4 is 17.7 Å². The third-order valence-corrected chi connectivity index (χ3v) is 5.84. The lowest BCUT2D eigenvalue weighted by Crippen LogP contribution is -2.49. The van der Waals surface area contributed by atoms with Crippen molar-refractivity contribution in [2.75, 3.05) is 0 Å². The van der Waals surface area contributed by atoms with E-state index in [1.807, 2.05) is 13.8 Å². The minimum Gasteiger partial charge on any atom is -0.458 e. The quantitative estimate of drug-likeness (QED) is 0.599. The minimum atomic E-state index is -1.60. The van der Waals surface area contributed by atoms with Crippen molar-refractivity contribution in [3.63, 3.8) is 0 Å². The molecule has 5 unspecified atom stereocenters. The fourth-order valence-electron chi connectivity index (χ4n) is 4.33. The average molecular weight is 360 g/mol. The monoisotopic (exact) mass is 360 g/mol. The summed E-state index contributed by atoms with van der Waals surface area (Å²) in [6.07, 6.45) is 1.67. The van der Waals surface area contributed by atoms with E-state index >= 15 is 0 Å². The molecular weight excluding hydrogens is 336 g/mol. The number of esters is 2. The molecule has 140 valence electrons. The molecule has 0 aromatic rings. The Labute approximate surface area is 152 Å². The van der Waals surface area contributed by atoms with Crippen LogP contribution in [0.1, 0.15) is 41.0 Å². The van der Waals surface area contributed by atoms with Crippen LogP contribution >= 0.6 is 0 Å². The molecule has 5 atom stereocenters. The van der Waals surface area contributed by atoms with Crippen molar-refractivity contribution in [1.82, 2.24) is 0 Å². The first kappa shape index (κ1) is 18.6. The smallest absolute Gasteiger partial charge is 0.351 e. The van der Waals surface area contributed by atoms with Gasteiger partial charge in [-0.3, -0.25) is 4.79 Å². The van der Waals surface area contributed by atoms with Crippen molar-refractivity contribution in [2.45, 2.75) is 58.8 Å². The highest BCUT2D eigenvalue weighted by Crippen LogP contribution is 2.50. The van der Waals surface area contributed by atoms with Crippen LogP contribution in [0, 0.1) is 11.8 Å². The molecule has 6 nitrogen and oxygen atoms in total. The van der Waals surface area contributed by atoms with Crippen molar-refractivity contribution in [1.29, 1.82) is 0 Å². The Bertz CT molecular complexity index is 786. The van der Waals surface area contributed by atoms with Gasteiger partial charge in [0.05, 0.1) is 12.0 Å². The van der Waals surface area contributed by atoms with Gasteiger partial charge in [0.25, 0.3) is 0 Å².